The van der Waals surface area contributed by atoms with E-state index in [0.717, 1.165) is 0 Å². The lowest BCUT2D eigenvalue weighted by atomic mass is 9.93. The summed E-state index contributed by atoms with van der Waals surface area (Å²) >= 11 is 18.1. The molecule has 1 amide bonds. The van der Waals surface area contributed by atoms with Gasteiger partial charge in [0.2, 0.25) is 0 Å². The van der Waals surface area contributed by atoms with Crippen LogP contribution in [0.1, 0.15) is 69.1 Å². The molecular formula is C61H54Cl3NO20. The van der Waals surface area contributed by atoms with Crippen molar-refractivity contribution in [2.75, 3.05) is 33.2 Å². The summed E-state index contributed by atoms with van der Waals surface area (Å²) in [6.07, 6.45) is -17.4. The lowest BCUT2D eigenvalue weighted by Gasteiger charge is -2.44. The molecule has 24 heteroatoms. The van der Waals surface area contributed by atoms with Crippen LogP contribution in [-0.2, 0) is 66.4 Å². The van der Waals surface area contributed by atoms with Crippen LogP contribution in [0.3, 0.4) is 0 Å². The number of hydrogen-bond donors (Lipinski definition) is 1. The van der Waals surface area contributed by atoms with Gasteiger partial charge in [0.05, 0.1) is 53.2 Å². The Morgan fingerprint density at radius 1 is 0.412 bits per heavy atom. The second-order valence-electron chi connectivity index (χ2n) is 18.6. The van der Waals surface area contributed by atoms with Crippen LogP contribution in [0.5, 0.6) is 0 Å². The van der Waals surface area contributed by atoms with Gasteiger partial charge in [0.25, 0.3) is 9.82 Å². The van der Waals surface area contributed by atoms with Gasteiger partial charge in [0.15, 0.2) is 49.0 Å². The first kappa shape index (κ1) is 62.8. The molecule has 2 aliphatic heterocycles. The zero-order valence-electron chi connectivity index (χ0n) is 44.9. The zero-order valence-corrected chi connectivity index (χ0v) is 47.2. The molecule has 0 aromatic heterocycles. The van der Waals surface area contributed by atoms with Crippen LogP contribution in [0.15, 0.2) is 182 Å². The predicted octanol–water partition coefficient (Wildman–Crippen LogP) is 7.85. The third-order valence-electron chi connectivity index (χ3n) is 12.7. The molecule has 8 rings (SSSR count). The maximum absolute atomic E-state index is 14.2. The van der Waals surface area contributed by atoms with Gasteiger partial charge in [-0.15, -0.1) is 0 Å². The van der Waals surface area contributed by atoms with E-state index in [9.17, 15) is 38.4 Å². The van der Waals surface area contributed by atoms with Gasteiger partial charge in [-0.25, -0.2) is 28.8 Å². The lowest BCUT2D eigenvalue weighted by Crippen LogP contribution is -2.66. The molecule has 444 valence electrons. The first-order valence-corrected chi connectivity index (χ1v) is 27.3. The molecule has 2 aliphatic rings. The lowest BCUT2D eigenvalue weighted by molar-refractivity contribution is -0.304. The van der Waals surface area contributed by atoms with Gasteiger partial charge >= 0.3 is 41.8 Å². The molecule has 21 nitrogen and oxygen atoms in total. The fourth-order valence-electron chi connectivity index (χ4n) is 8.76. The van der Waals surface area contributed by atoms with Gasteiger partial charge in [0, 0.05) is 6.92 Å². The fourth-order valence-corrected chi connectivity index (χ4v) is 9.04. The van der Waals surface area contributed by atoms with E-state index in [2.05, 4.69) is 5.32 Å². The van der Waals surface area contributed by atoms with Crippen molar-refractivity contribution in [2.24, 2.45) is 0 Å². The summed E-state index contributed by atoms with van der Waals surface area (Å²) in [5.74, 6) is -7.60. The highest BCUT2D eigenvalue weighted by atomic mass is 35.6. The van der Waals surface area contributed by atoms with Gasteiger partial charge in [-0.3, -0.25) is 9.59 Å². The highest BCUT2D eigenvalue weighted by Gasteiger charge is 2.56. The smallest absolute Gasteiger partial charge is 0.338 e. The summed E-state index contributed by atoms with van der Waals surface area (Å²) in [7, 11) is 0. The Morgan fingerprint density at radius 2 is 0.718 bits per heavy atom. The van der Waals surface area contributed by atoms with Crippen molar-refractivity contribution in [1.82, 2.24) is 5.32 Å². The van der Waals surface area contributed by atoms with Crippen molar-refractivity contribution in [2.45, 2.75) is 72.1 Å². The zero-order chi connectivity index (χ0) is 60.3. The molecule has 1 N–H and O–H groups in total. The predicted molar refractivity (Wildman–Crippen MR) is 299 cm³/mol. The Bertz CT molecular complexity index is 3200. The maximum Gasteiger partial charge on any atom is 0.338 e. The van der Waals surface area contributed by atoms with Crippen molar-refractivity contribution in [3.8, 4) is 0 Å². The van der Waals surface area contributed by atoms with Crippen molar-refractivity contribution in [1.29, 1.82) is 0 Å². The van der Waals surface area contributed by atoms with Crippen LogP contribution in [0, 0.1) is 0 Å². The third-order valence-corrected chi connectivity index (χ3v) is 12.9. The number of nitrogens with one attached hydrogen (secondary N) is 1. The van der Waals surface area contributed by atoms with Crippen molar-refractivity contribution < 1.29 is 95.2 Å². The Morgan fingerprint density at radius 3 is 1.06 bits per heavy atom. The molecule has 2 saturated heterocycles. The molecule has 2 fully saturated rings. The highest BCUT2D eigenvalue weighted by Crippen LogP contribution is 2.35. The van der Waals surface area contributed by atoms with Crippen molar-refractivity contribution in [3.05, 3.63) is 215 Å². The standard InChI is InChI=1S/C61H54Cl3NO20/c1-37(66)76-32-33-77-60-52(85-59(73)43-30-18-7-19-31-43)49(83-57(71)41-26-14-5-15-27-41)47(81-55(69)39-22-10-3-11-23-39)45(79-60)35-75-36-74-34-44-46(80-54(68)38-20-8-2-9-21-38)48(82-56(70)40-24-12-4-13-25-40)50(51(78-44)53(67)65-61(62,63)64)84-58(72)42-28-16-6-17-29-42/h2-31,44-52,60H,32-36H2,1H3,(H,65,67)/t44-,45+,46+,47-,48+,49-,50-,51+,52+,60+/m0/s1. The van der Waals surface area contributed by atoms with E-state index >= 15 is 0 Å². The molecule has 0 radical (unpaired) electrons. The van der Waals surface area contributed by atoms with E-state index < -0.39 is 133 Å². The van der Waals surface area contributed by atoms with Crippen molar-refractivity contribution >= 4 is 82.5 Å². The quantitative estimate of drug-likeness (QED) is 0.0160. The van der Waals surface area contributed by atoms with E-state index in [4.69, 9.17) is 91.6 Å². The first-order valence-electron chi connectivity index (χ1n) is 26.2. The van der Waals surface area contributed by atoms with Crippen LogP contribution in [0.25, 0.3) is 0 Å². The minimum atomic E-state index is -2.47. The molecule has 0 bridgehead atoms. The van der Waals surface area contributed by atoms with E-state index in [1.165, 1.54) is 79.7 Å². The summed E-state index contributed by atoms with van der Waals surface area (Å²) in [6, 6.07) is 46.2. The number of rotatable bonds is 23. The van der Waals surface area contributed by atoms with Gasteiger partial charge in [-0.2, -0.15) is 0 Å². The van der Waals surface area contributed by atoms with Crippen LogP contribution < -0.4 is 5.32 Å². The van der Waals surface area contributed by atoms with E-state index in [1.54, 1.807) is 109 Å². The third kappa shape index (κ3) is 17.9. The Kier molecular flexibility index (Phi) is 22.5. The number of halogens is 3. The molecule has 0 unspecified atom stereocenters. The average Bonchev–Trinajstić information content (AvgIpc) is 2.16. The minimum Gasteiger partial charge on any atom is -0.463 e. The Labute approximate surface area is 501 Å². The molecular weight excluding hydrogens is 1170 g/mol. The van der Waals surface area contributed by atoms with Crippen LogP contribution in [0.2, 0.25) is 0 Å². The number of carbonyl (C=O) groups is 8. The second kappa shape index (κ2) is 30.5. The molecule has 6 aromatic carbocycles. The maximum atomic E-state index is 14.2. The highest BCUT2D eigenvalue weighted by molar-refractivity contribution is 6.67. The number of amides is 1. The summed E-state index contributed by atoms with van der Waals surface area (Å²) < 4.78 is 69.9. The van der Waals surface area contributed by atoms with E-state index in [-0.39, 0.29) is 46.6 Å². The summed E-state index contributed by atoms with van der Waals surface area (Å²) in [5, 5.41) is 2.14. The van der Waals surface area contributed by atoms with Gasteiger partial charge < -0.3 is 62.2 Å². The van der Waals surface area contributed by atoms with Gasteiger partial charge in [0.1, 0.15) is 25.6 Å². The molecule has 0 spiro atoms. The van der Waals surface area contributed by atoms with Crippen molar-refractivity contribution in [3.63, 3.8) is 0 Å². The second-order valence-corrected chi connectivity index (χ2v) is 20.9. The van der Waals surface area contributed by atoms with Crippen LogP contribution in [-0.4, -0.2) is 146 Å². The normalized spacial score (nSPS) is 21.8. The topological polar surface area (TPSA) is 259 Å². The van der Waals surface area contributed by atoms with Gasteiger partial charge in [-0.05, 0) is 72.8 Å². The summed E-state index contributed by atoms with van der Waals surface area (Å²) in [5.41, 5.74) is 0.241. The molecule has 0 aliphatic carbocycles. The number of hydrogen-bond acceptors (Lipinski definition) is 20. The van der Waals surface area contributed by atoms with Gasteiger partial charge in [-0.1, -0.05) is 144 Å². The van der Waals surface area contributed by atoms with Crippen LogP contribution in [0.4, 0.5) is 0 Å². The number of esters is 7. The number of ether oxygens (including phenoxy) is 12. The first-order chi connectivity index (χ1) is 41.0. The monoisotopic (exact) mass is 1230 g/mol. The van der Waals surface area contributed by atoms with E-state index in [1.807, 2.05) is 0 Å². The van der Waals surface area contributed by atoms with E-state index in [0.29, 0.717) is 0 Å². The fraction of sp³-hybridized carbons (Fsp3) is 0.279. The summed E-state index contributed by atoms with van der Waals surface area (Å²) in [4.78, 5) is 110. The number of benzene rings is 6. The molecule has 2 heterocycles. The molecule has 0 saturated carbocycles. The summed E-state index contributed by atoms with van der Waals surface area (Å²) in [6.45, 7) is -1.44. The Hall–Kier alpha value is -8.25. The minimum absolute atomic E-state index is 0.0000910. The average molecular weight is 1230 g/mol. The number of carbonyl (C=O) groups excluding carboxylic acids is 8. The molecule has 6 aromatic rings. The SMILES string of the molecule is CC(=O)OCCO[C@@H]1O[C@H](COCOC[C@@H]2O[C@@H](C(=O)NC(Cl)(Cl)Cl)[C@@H](OC(=O)c3ccccc3)[C@H](OC(=O)c3ccccc3)[C@@H]2OC(=O)c2ccccc2)[C@H](OC(=O)c2ccccc2)[C@H](OC(=O)c2ccccc2)[C@H]1OC(=O)c1ccccc1. The molecule has 10 atom stereocenters. The van der Waals surface area contributed by atoms with Crippen LogP contribution >= 0.6 is 34.8 Å². The Balaban J connectivity index is 1.12. The largest absolute Gasteiger partial charge is 0.463 e. The number of alkyl halides is 3. The molecule has 85 heavy (non-hydrogen) atoms.